The lowest BCUT2D eigenvalue weighted by Gasteiger charge is -2.13. The Morgan fingerprint density at radius 2 is 1.87 bits per heavy atom. The maximum absolute atomic E-state index is 14.2. The lowest BCUT2D eigenvalue weighted by molar-refractivity contribution is -0.120. The van der Waals surface area contributed by atoms with E-state index in [1.165, 1.54) is 42.5 Å². The van der Waals surface area contributed by atoms with Crippen molar-refractivity contribution < 1.29 is 23.1 Å². The van der Waals surface area contributed by atoms with E-state index in [4.69, 9.17) is 4.74 Å². The average Bonchev–Trinajstić information content (AvgIpc) is 3.34. The molecular weight excluding hydrogens is 408 g/mol. The molecule has 0 bridgehead atoms. The number of fused-ring (bicyclic) bond motifs is 1. The predicted octanol–water partition coefficient (Wildman–Crippen LogP) is 4.56. The highest BCUT2D eigenvalue weighted by atomic mass is 32.1. The van der Waals surface area contributed by atoms with Gasteiger partial charge in [0.05, 0.1) is 17.8 Å². The van der Waals surface area contributed by atoms with Crippen LogP contribution in [0, 0.1) is 11.6 Å². The van der Waals surface area contributed by atoms with Crippen molar-refractivity contribution >= 4 is 23.0 Å². The van der Waals surface area contributed by atoms with Crippen LogP contribution in [-0.4, -0.2) is 24.3 Å². The lowest BCUT2D eigenvalue weighted by atomic mass is 10.0. The average molecular weight is 427 g/mol. The second kappa shape index (κ2) is 8.36. The van der Waals surface area contributed by atoms with E-state index in [1.807, 2.05) is 0 Å². The molecular formula is C23H19F2NO3S. The van der Waals surface area contributed by atoms with Crippen LogP contribution in [0.25, 0.3) is 10.4 Å². The van der Waals surface area contributed by atoms with E-state index in [9.17, 15) is 18.4 Å². The van der Waals surface area contributed by atoms with E-state index < -0.39 is 0 Å². The van der Waals surface area contributed by atoms with E-state index in [-0.39, 0.29) is 42.4 Å². The van der Waals surface area contributed by atoms with Gasteiger partial charge in [-0.2, -0.15) is 0 Å². The molecule has 0 unspecified atom stereocenters. The molecule has 1 atom stereocenters. The van der Waals surface area contributed by atoms with Crippen molar-refractivity contribution in [2.45, 2.75) is 25.9 Å². The number of hydrogen-bond acceptors (Lipinski definition) is 4. The third kappa shape index (κ3) is 4.41. The summed E-state index contributed by atoms with van der Waals surface area (Å²) in [7, 11) is 0. The number of rotatable bonds is 6. The van der Waals surface area contributed by atoms with Gasteiger partial charge < -0.3 is 10.1 Å². The molecule has 154 valence electrons. The first-order chi connectivity index (χ1) is 14.4. The van der Waals surface area contributed by atoms with Crippen LogP contribution < -0.4 is 10.1 Å². The van der Waals surface area contributed by atoms with Crippen molar-refractivity contribution in [1.29, 1.82) is 0 Å². The monoisotopic (exact) mass is 427 g/mol. The summed E-state index contributed by atoms with van der Waals surface area (Å²) in [6.07, 6.45) is 0.301. The van der Waals surface area contributed by atoms with Crippen molar-refractivity contribution in [3.63, 3.8) is 0 Å². The van der Waals surface area contributed by atoms with Crippen LogP contribution in [0.5, 0.6) is 5.75 Å². The zero-order chi connectivity index (χ0) is 21.3. The molecule has 0 saturated carbocycles. The van der Waals surface area contributed by atoms with Gasteiger partial charge in [-0.15, -0.1) is 11.3 Å². The number of hydrogen-bond donors (Lipinski definition) is 1. The number of carbonyl (C=O) groups excluding carboxylic acids is 2. The summed E-state index contributed by atoms with van der Waals surface area (Å²) in [5.74, 6) is -0.364. The maximum atomic E-state index is 14.2. The molecule has 4 nitrogen and oxygen atoms in total. The zero-order valence-corrected chi connectivity index (χ0v) is 17.0. The highest BCUT2D eigenvalue weighted by Gasteiger charge is 2.28. The highest BCUT2D eigenvalue weighted by Crippen LogP contribution is 2.42. The summed E-state index contributed by atoms with van der Waals surface area (Å²) in [5.41, 5.74) is 2.07. The smallest absolute Gasteiger partial charge is 0.224 e. The van der Waals surface area contributed by atoms with Gasteiger partial charge in [-0.1, -0.05) is 12.1 Å². The number of carbonyl (C=O) groups is 2. The fourth-order valence-corrected chi connectivity index (χ4v) is 4.36. The Morgan fingerprint density at radius 1 is 1.10 bits per heavy atom. The largest absolute Gasteiger partial charge is 0.487 e. The third-order valence-electron chi connectivity index (χ3n) is 4.89. The number of halogens is 2. The minimum Gasteiger partial charge on any atom is -0.487 e. The minimum absolute atomic E-state index is 0.0399. The predicted molar refractivity (Wildman–Crippen MR) is 111 cm³/mol. The van der Waals surface area contributed by atoms with E-state index in [0.717, 1.165) is 10.4 Å². The van der Waals surface area contributed by atoms with Crippen LogP contribution in [-0.2, 0) is 17.6 Å². The molecule has 3 aromatic rings. The topological polar surface area (TPSA) is 55.4 Å². The molecule has 1 amide bonds. The molecule has 0 radical (unpaired) electrons. The second-order valence-corrected chi connectivity index (χ2v) is 8.30. The van der Waals surface area contributed by atoms with Crippen molar-refractivity contribution in [3.05, 3.63) is 76.2 Å². The van der Waals surface area contributed by atoms with E-state index >= 15 is 0 Å². The molecule has 0 spiro atoms. The standard InChI is InChI=1S/C23H19F2NO3S/c1-13(27)20-6-7-21(30-20)19-11-17(25)9-15-10-18(29-23(15)19)12-26-22(28)8-14-2-4-16(24)5-3-14/h2-7,9,11,18H,8,10,12H2,1H3,(H,26,28)/t18-/m1/s1. The number of amides is 1. The minimum atomic E-state index is -0.369. The Hall–Kier alpha value is -3.06. The summed E-state index contributed by atoms with van der Waals surface area (Å²) in [4.78, 5) is 25.1. The van der Waals surface area contributed by atoms with E-state index in [1.54, 1.807) is 24.3 Å². The SMILES string of the molecule is CC(=O)c1ccc(-c2cc(F)cc3c2O[C@@H](CNC(=O)Cc2ccc(F)cc2)C3)s1. The molecule has 2 aromatic carbocycles. The first-order valence-electron chi connectivity index (χ1n) is 9.50. The summed E-state index contributed by atoms with van der Waals surface area (Å²) in [5, 5.41) is 2.82. The summed E-state index contributed by atoms with van der Waals surface area (Å²) >= 11 is 1.30. The molecule has 1 aliphatic heterocycles. The third-order valence-corrected chi connectivity index (χ3v) is 6.11. The Kier molecular flexibility index (Phi) is 5.63. The van der Waals surface area contributed by atoms with Crippen molar-refractivity contribution in [3.8, 4) is 16.2 Å². The van der Waals surface area contributed by atoms with E-state index in [0.29, 0.717) is 28.2 Å². The lowest BCUT2D eigenvalue weighted by Crippen LogP contribution is -2.35. The molecule has 0 aliphatic carbocycles. The number of ketones is 1. The van der Waals surface area contributed by atoms with Gasteiger partial charge in [-0.25, -0.2) is 8.78 Å². The van der Waals surface area contributed by atoms with Gasteiger partial charge in [-0.3, -0.25) is 9.59 Å². The zero-order valence-electron chi connectivity index (χ0n) is 16.2. The fraction of sp³-hybridized carbons (Fsp3) is 0.217. The van der Waals surface area contributed by atoms with Crippen LogP contribution in [0.15, 0.2) is 48.5 Å². The molecule has 4 rings (SSSR count). The number of nitrogens with one attached hydrogen (secondary N) is 1. The van der Waals surface area contributed by atoms with Gasteiger partial charge in [-0.05, 0) is 48.9 Å². The Bertz CT molecular complexity index is 1110. The van der Waals surface area contributed by atoms with Crippen molar-refractivity contribution in [2.24, 2.45) is 0 Å². The molecule has 1 aromatic heterocycles. The Labute approximate surface area is 176 Å². The summed E-state index contributed by atoms with van der Waals surface area (Å²) < 4.78 is 33.2. The number of thiophene rings is 1. The molecule has 0 fully saturated rings. The fourth-order valence-electron chi connectivity index (χ4n) is 3.44. The molecule has 1 aliphatic rings. The molecule has 0 saturated heterocycles. The van der Waals surface area contributed by atoms with Gasteiger partial charge in [0, 0.05) is 22.4 Å². The van der Waals surface area contributed by atoms with Gasteiger partial charge in [0.1, 0.15) is 23.5 Å². The van der Waals surface area contributed by atoms with Crippen LogP contribution >= 0.6 is 11.3 Å². The molecule has 2 heterocycles. The number of benzene rings is 2. The number of Topliss-reactive ketones (excluding diaryl/α,β-unsaturated/α-hetero) is 1. The maximum Gasteiger partial charge on any atom is 0.224 e. The van der Waals surface area contributed by atoms with Crippen LogP contribution in [0.2, 0.25) is 0 Å². The normalized spacial score (nSPS) is 14.8. The summed E-state index contributed by atoms with van der Waals surface area (Å²) in [6.45, 7) is 1.77. The van der Waals surface area contributed by atoms with Crippen LogP contribution in [0.1, 0.15) is 27.7 Å². The van der Waals surface area contributed by atoms with E-state index in [2.05, 4.69) is 5.32 Å². The van der Waals surface area contributed by atoms with Gasteiger partial charge >= 0.3 is 0 Å². The first-order valence-corrected chi connectivity index (χ1v) is 10.3. The first kappa shape index (κ1) is 20.2. The van der Waals surface area contributed by atoms with Gasteiger partial charge in [0.25, 0.3) is 0 Å². The van der Waals surface area contributed by atoms with Gasteiger partial charge in [0.2, 0.25) is 5.91 Å². The van der Waals surface area contributed by atoms with Crippen molar-refractivity contribution in [2.75, 3.05) is 6.54 Å². The highest BCUT2D eigenvalue weighted by molar-refractivity contribution is 7.17. The quantitative estimate of drug-likeness (QED) is 0.587. The van der Waals surface area contributed by atoms with Gasteiger partial charge in [0.15, 0.2) is 5.78 Å². The second-order valence-electron chi connectivity index (χ2n) is 7.21. The number of ether oxygens (including phenoxy) is 1. The Morgan fingerprint density at radius 3 is 2.57 bits per heavy atom. The molecule has 1 N–H and O–H groups in total. The van der Waals surface area contributed by atoms with Crippen LogP contribution in [0.3, 0.4) is 0 Å². The summed E-state index contributed by atoms with van der Waals surface area (Å²) in [6, 6.07) is 12.1. The van der Waals surface area contributed by atoms with Crippen LogP contribution in [0.4, 0.5) is 8.78 Å². The van der Waals surface area contributed by atoms with Crippen molar-refractivity contribution in [1.82, 2.24) is 5.32 Å². The Balaban J connectivity index is 1.43. The molecule has 30 heavy (non-hydrogen) atoms. The molecule has 7 heteroatoms.